The minimum atomic E-state index is 0.447. The summed E-state index contributed by atoms with van der Waals surface area (Å²) < 4.78 is 8.42. The SMILES string of the molecule is COCc1nnsc1N. The fourth-order valence-electron chi connectivity index (χ4n) is 0.452. The highest BCUT2D eigenvalue weighted by Gasteiger charge is 2.00. The first-order chi connectivity index (χ1) is 4.34. The number of hydrogen-bond donors (Lipinski definition) is 1. The van der Waals surface area contributed by atoms with Crippen molar-refractivity contribution in [2.24, 2.45) is 0 Å². The lowest BCUT2D eigenvalue weighted by molar-refractivity contribution is 0.182. The quantitative estimate of drug-likeness (QED) is 0.648. The highest BCUT2D eigenvalue weighted by Crippen LogP contribution is 2.12. The maximum Gasteiger partial charge on any atom is 0.133 e. The van der Waals surface area contributed by atoms with Crippen LogP contribution in [0.25, 0.3) is 0 Å². The molecule has 50 valence electrons. The van der Waals surface area contributed by atoms with E-state index < -0.39 is 0 Å². The molecule has 0 radical (unpaired) electrons. The first-order valence-corrected chi connectivity index (χ1v) is 3.17. The molecule has 0 aromatic carbocycles. The average molecular weight is 145 g/mol. The van der Waals surface area contributed by atoms with Gasteiger partial charge in [-0.05, 0) is 0 Å². The van der Waals surface area contributed by atoms with Gasteiger partial charge in [0, 0.05) is 18.6 Å². The molecule has 0 amide bonds. The second-order valence-corrected chi connectivity index (χ2v) is 2.30. The van der Waals surface area contributed by atoms with E-state index in [-0.39, 0.29) is 0 Å². The van der Waals surface area contributed by atoms with Crippen LogP contribution in [0, 0.1) is 0 Å². The molecule has 0 spiro atoms. The summed E-state index contributed by atoms with van der Waals surface area (Å²) in [7, 11) is 1.60. The minimum Gasteiger partial charge on any atom is -0.388 e. The third kappa shape index (κ3) is 1.36. The van der Waals surface area contributed by atoms with Gasteiger partial charge in [-0.25, -0.2) is 0 Å². The van der Waals surface area contributed by atoms with E-state index in [0.717, 1.165) is 5.69 Å². The first kappa shape index (κ1) is 6.44. The largest absolute Gasteiger partial charge is 0.388 e. The monoisotopic (exact) mass is 145 g/mol. The predicted octanol–water partition coefficient (Wildman–Crippen LogP) is 0.267. The summed E-state index contributed by atoms with van der Waals surface area (Å²) in [5.74, 6) is 0. The Morgan fingerprint density at radius 2 is 2.56 bits per heavy atom. The molecule has 1 rings (SSSR count). The maximum absolute atomic E-state index is 5.44. The molecule has 0 aliphatic rings. The van der Waals surface area contributed by atoms with Crippen LogP contribution in [0.3, 0.4) is 0 Å². The van der Waals surface area contributed by atoms with Crippen molar-refractivity contribution in [3.05, 3.63) is 5.69 Å². The zero-order valence-electron chi connectivity index (χ0n) is 5.00. The van der Waals surface area contributed by atoms with Crippen LogP contribution < -0.4 is 5.73 Å². The summed E-state index contributed by atoms with van der Waals surface area (Å²) >= 11 is 1.18. The van der Waals surface area contributed by atoms with E-state index in [4.69, 9.17) is 10.5 Å². The van der Waals surface area contributed by atoms with Crippen LogP contribution >= 0.6 is 11.5 Å². The van der Waals surface area contributed by atoms with E-state index in [9.17, 15) is 0 Å². The van der Waals surface area contributed by atoms with Crippen molar-refractivity contribution in [3.8, 4) is 0 Å². The Balaban J connectivity index is 2.69. The molecule has 4 nitrogen and oxygen atoms in total. The topological polar surface area (TPSA) is 61.0 Å². The normalized spacial score (nSPS) is 9.89. The van der Waals surface area contributed by atoms with Gasteiger partial charge in [0.15, 0.2) is 0 Å². The van der Waals surface area contributed by atoms with Crippen molar-refractivity contribution >= 4 is 16.5 Å². The highest BCUT2D eigenvalue weighted by molar-refractivity contribution is 7.09. The van der Waals surface area contributed by atoms with Crippen LogP contribution in [-0.4, -0.2) is 16.7 Å². The van der Waals surface area contributed by atoms with Crippen molar-refractivity contribution in [2.45, 2.75) is 6.61 Å². The fraction of sp³-hybridized carbons (Fsp3) is 0.500. The van der Waals surface area contributed by atoms with Crippen molar-refractivity contribution in [1.82, 2.24) is 9.59 Å². The van der Waals surface area contributed by atoms with Gasteiger partial charge in [0.2, 0.25) is 0 Å². The van der Waals surface area contributed by atoms with E-state index in [1.165, 1.54) is 11.5 Å². The molecular weight excluding hydrogens is 138 g/mol. The molecule has 1 heterocycles. The van der Waals surface area contributed by atoms with Crippen molar-refractivity contribution in [2.75, 3.05) is 12.8 Å². The third-order valence-corrected chi connectivity index (χ3v) is 1.46. The minimum absolute atomic E-state index is 0.447. The van der Waals surface area contributed by atoms with Gasteiger partial charge < -0.3 is 10.5 Å². The summed E-state index contributed by atoms with van der Waals surface area (Å²) in [6.07, 6.45) is 0. The summed E-state index contributed by atoms with van der Waals surface area (Å²) in [5, 5.41) is 4.36. The Bertz CT molecular complexity index is 188. The van der Waals surface area contributed by atoms with Gasteiger partial charge in [0.05, 0.1) is 6.61 Å². The molecule has 0 saturated carbocycles. The van der Waals surface area contributed by atoms with E-state index in [0.29, 0.717) is 11.6 Å². The number of nitrogens with two attached hydrogens (primary N) is 1. The van der Waals surface area contributed by atoms with Crippen LogP contribution in [0.2, 0.25) is 0 Å². The third-order valence-electron chi connectivity index (χ3n) is 0.866. The lowest BCUT2D eigenvalue weighted by Crippen LogP contribution is -1.92. The van der Waals surface area contributed by atoms with Crippen molar-refractivity contribution < 1.29 is 4.74 Å². The molecule has 0 atom stereocenters. The second-order valence-electron chi connectivity index (χ2n) is 1.52. The molecule has 0 fully saturated rings. The number of anilines is 1. The number of aromatic nitrogens is 2. The van der Waals surface area contributed by atoms with E-state index in [1.807, 2.05) is 0 Å². The van der Waals surface area contributed by atoms with Crippen LogP contribution in [0.5, 0.6) is 0 Å². The lowest BCUT2D eigenvalue weighted by atomic mass is 10.5. The number of ether oxygens (including phenoxy) is 1. The smallest absolute Gasteiger partial charge is 0.133 e. The van der Waals surface area contributed by atoms with E-state index in [1.54, 1.807) is 7.11 Å². The second kappa shape index (κ2) is 2.75. The Hall–Kier alpha value is -0.680. The summed E-state index contributed by atoms with van der Waals surface area (Å²) in [4.78, 5) is 0. The number of methoxy groups -OCH3 is 1. The zero-order valence-corrected chi connectivity index (χ0v) is 5.81. The van der Waals surface area contributed by atoms with Crippen LogP contribution in [0.4, 0.5) is 5.00 Å². The average Bonchev–Trinajstić information content (AvgIpc) is 2.18. The van der Waals surface area contributed by atoms with Crippen LogP contribution in [-0.2, 0) is 11.3 Å². The first-order valence-electron chi connectivity index (χ1n) is 2.40. The summed E-state index contributed by atoms with van der Waals surface area (Å²) in [6.45, 7) is 0.447. The standard InChI is InChI=1S/C4H7N3OS/c1-8-2-3-4(5)9-7-6-3/h2,5H2,1H3. The van der Waals surface area contributed by atoms with Gasteiger partial charge in [0.25, 0.3) is 0 Å². The Kier molecular flexibility index (Phi) is 1.96. The van der Waals surface area contributed by atoms with Crippen molar-refractivity contribution in [3.63, 3.8) is 0 Å². The van der Waals surface area contributed by atoms with Gasteiger partial charge in [-0.15, -0.1) is 5.10 Å². The Morgan fingerprint density at radius 1 is 1.78 bits per heavy atom. The van der Waals surface area contributed by atoms with Gasteiger partial charge in [-0.1, -0.05) is 4.49 Å². The number of hydrogen-bond acceptors (Lipinski definition) is 5. The molecule has 0 aliphatic carbocycles. The number of nitrogen functional groups attached to an aromatic ring is 1. The van der Waals surface area contributed by atoms with Crippen LogP contribution in [0.15, 0.2) is 0 Å². The molecule has 9 heavy (non-hydrogen) atoms. The van der Waals surface area contributed by atoms with Crippen LogP contribution in [0.1, 0.15) is 5.69 Å². The Labute approximate surface area is 56.8 Å². The van der Waals surface area contributed by atoms with E-state index >= 15 is 0 Å². The molecule has 0 saturated heterocycles. The lowest BCUT2D eigenvalue weighted by Gasteiger charge is -1.90. The maximum atomic E-state index is 5.44. The zero-order chi connectivity index (χ0) is 6.69. The molecule has 1 aromatic heterocycles. The highest BCUT2D eigenvalue weighted by atomic mass is 32.1. The van der Waals surface area contributed by atoms with Gasteiger partial charge in [0.1, 0.15) is 10.7 Å². The number of rotatable bonds is 2. The molecule has 5 heteroatoms. The molecular formula is C4H7N3OS. The fourth-order valence-corrected chi connectivity index (χ4v) is 0.885. The molecule has 0 bridgehead atoms. The Morgan fingerprint density at radius 3 is 3.00 bits per heavy atom. The summed E-state index contributed by atoms with van der Waals surface area (Å²) in [6, 6.07) is 0. The van der Waals surface area contributed by atoms with Gasteiger partial charge in [-0.2, -0.15) is 0 Å². The number of nitrogens with zero attached hydrogens (tertiary/aromatic N) is 2. The van der Waals surface area contributed by atoms with E-state index in [2.05, 4.69) is 9.59 Å². The summed E-state index contributed by atoms with van der Waals surface area (Å²) in [5.41, 5.74) is 6.16. The molecule has 0 aliphatic heterocycles. The van der Waals surface area contributed by atoms with Crippen molar-refractivity contribution in [1.29, 1.82) is 0 Å². The molecule has 1 aromatic rings. The van der Waals surface area contributed by atoms with Gasteiger partial charge in [-0.3, -0.25) is 0 Å². The van der Waals surface area contributed by atoms with Gasteiger partial charge >= 0.3 is 0 Å². The predicted molar refractivity (Wildman–Crippen MR) is 35.0 cm³/mol. The molecule has 2 N–H and O–H groups in total. The molecule has 0 unspecified atom stereocenters.